The van der Waals surface area contributed by atoms with Crippen molar-refractivity contribution in [1.82, 2.24) is 10.9 Å². The maximum absolute atomic E-state index is 13.2. The first kappa shape index (κ1) is 16.4. The van der Waals surface area contributed by atoms with Gasteiger partial charge in [0.05, 0.1) is 11.3 Å². The summed E-state index contributed by atoms with van der Waals surface area (Å²) >= 11 is 0. The Bertz CT molecular complexity index is 986. The molecule has 0 heterocycles. The molecule has 0 unspecified atom stereocenters. The summed E-state index contributed by atoms with van der Waals surface area (Å²) in [5.41, 5.74) is 5.42. The fraction of sp³-hybridized carbons (Fsp3) is 0. The molecule has 3 aromatic carbocycles. The second-order valence-electron chi connectivity index (χ2n) is 5.40. The number of halogens is 2. The van der Waals surface area contributed by atoms with Gasteiger partial charge in [0.25, 0.3) is 5.91 Å². The molecule has 1 amide bonds. The van der Waals surface area contributed by atoms with Crippen LogP contribution in [0, 0.1) is 11.6 Å². The van der Waals surface area contributed by atoms with Crippen molar-refractivity contribution >= 4 is 22.4 Å². The van der Waals surface area contributed by atoms with Gasteiger partial charge in [0.15, 0.2) is 11.6 Å². The van der Waals surface area contributed by atoms with Gasteiger partial charge in [-0.15, -0.1) is 0 Å². The Balaban J connectivity index is 1.75. The molecule has 0 aliphatic rings. The van der Waals surface area contributed by atoms with Crippen LogP contribution in [0.2, 0.25) is 0 Å². The van der Waals surface area contributed by atoms with Gasteiger partial charge in [-0.05, 0) is 41.1 Å². The molecule has 126 valence electrons. The lowest BCUT2D eigenvalue weighted by Crippen LogP contribution is -2.35. The molecule has 4 nitrogen and oxygen atoms in total. The van der Waals surface area contributed by atoms with Crippen LogP contribution in [0.1, 0.15) is 15.9 Å². The highest BCUT2D eigenvalue weighted by Gasteiger charge is 2.13. The summed E-state index contributed by atoms with van der Waals surface area (Å²) in [4.78, 5) is 12.3. The van der Waals surface area contributed by atoms with E-state index < -0.39 is 17.5 Å². The Labute approximate surface area is 142 Å². The largest absolute Gasteiger partial charge is 0.507 e. The maximum Gasteiger partial charge on any atom is 0.273 e. The molecule has 3 N–H and O–H groups in total. The number of aromatic hydroxyl groups is 1. The highest BCUT2D eigenvalue weighted by molar-refractivity contribution is 6.01. The Morgan fingerprint density at radius 2 is 1.60 bits per heavy atom. The SMILES string of the molecule is C=C(NNC(=O)c1cc2ccccc2cc1O)c1ccc(F)c(F)c1. The van der Waals surface area contributed by atoms with E-state index in [-0.39, 0.29) is 22.6 Å². The smallest absolute Gasteiger partial charge is 0.273 e. The second-order valence-corrected chi connectivity index (χ2v) is 5.40. The van der Waals surface area contributed by atoms with Gasteiger partial charge in [-0.25, -0.2) is 8.78 Å². The third-order valence-corrected chi connectivity index (χ3v) is 3.70. The molecular formula is C19H14F2N2O2. The highest BCUT2D eigenvalue weighted by Crippen LogP contribution is 2.24. The Kier molecular flexibility index (Phi) is 4.35. The van der Waals surface area contributed by atoms with Crippen LogP contribution in [0.3, 0.4) is 0 Å². The average Bonchev–Trinajstić information content (AvgIpc) is 2.61. The lowest BCUT2D eigenvalue weighted by atomic mass is 10.1. The monoisotopic (exact) mass is 340 g/mol. The van der Waals surface area contributed by atoms with Crippen molar-refractivity contribution in [1.29, 1.82) is 0 Å². The third-order valence-electron chi connectivity index (χ3n) is 3.70. The number of carbonyl (C=O) groups excluding carboxylic acids is 1. The van der Waals surface area contributed by atoms with Gasteiger partial charge in [0.2, 0.25) is 0 Å². The van der Waals surface area contributed by atoms with E-state index in [1.807, 2.05) is 24.3 Å². The van der Waals surface area contributed by atoms with Crippen LogP contribution in [0.5, 0.6) is 5.75 Å². The van der Waals surface area contributed by atoms with Crippen molar-refractivity contribution in [2.45, 2.75) is 0 Å². The highest BCUT2D eigenvalue weighted by atomic mass is 19.2. The van der Waals surface area contributed by atoms with E-state index in [0.717, 1.165) is 22.9 Å². The minimum Gasteiger partial charge on any atom is -0.507 e. The van der Waals surface area contributed by atoms with Gasteiger partial charge in [0.1, 0.15) is 5.75 Å². The normalized spacial score (nSPS) is 10.5. The Hall–Kier alpha value is -3.41. The number of benzene rings is 3. The predicted octanol–water partition coefficient (Wildman–Crippen LogP) is 3.73. The molecule has 0 aromatic heterocycles. The van der Waals surface area contributed by atoms with E-state index in [9.17, 15) is 18.7 Å². The van der Waals surface area contributed by atoms with Crippen molar-refractivity contribution < 1.29 is 18.7 Å². The molecule has 0 saturated heterocycles. The third kappa shape index (κ3) is 3.42. The summed E-state index contributed by atoms with van der Waals surface area (Å²) in [7, 11) is 0. The predicted molar refractivity (Wildman–Crippen MR) is 91.6 cm³/mol. The number of rotatable bonds is 4. The Morgan fingerprint density at radius 3 is 2.28 bits per heavy atom. The molecule has 0 saturated carbocycles. The molecule has 0 spiro atoms. The lowest BCUT2D eigenvalue weighted by Gasteiger charge is -2.12. The first-order chi connectivity index (χ1) is 12.0. The number of hydrazine groups is 1. The van der Waals surface area contributed by atoms with E-state index in [0.29, 0.717) is 0 Å². The van der Waals surface area contributed by atoms with E-state index in [1.54, 1.807) is 6.07 Å². The number of phenolic OH excluding ortho intramolecular Hbond substituents is 1. The van der Waals surface area contributed by atoms with Crippen molar-refractivity contribution in [2.24, 2.45) is 0 Å². The zero-order valence-electron chi connectivity index (χ0n) is 13.0. The van der Waals surface area contributed by atoms with Crippen LogP contribution < -0.4 is 10.9 Å². The van der Waals surface area contributed by atoms with E-state index in [1.165, 1.54) is 12.1 Å². The van der Waals surface area contributed by atoms with Crippen LogP contribution in [0.4, 0.5) is 8.78 Å². The summed E-state index contributed by atoms with van der Waals surface area (Å²) in [6.07, 6.45) is 0. The molecule has 3 aromatic rings. The molecule has 0 fully saturated rings. The van der Waals surface area contributed by atoms with Crippen molar-refractivity contribution in [3.8, 4) is 5.75 Å². The number of phenols is 1. The number of amides is 1. The summed E-state index contributed by atoms with van der Waals surface area (Å²) in [5.74, 6) is -2.75. The van der Waals surface area contributed by atoms with Crippen molar-refractivity contribution in [3.63, 3.8) is 0 Å². The quantitative estimate of drug-likeness (QED) is 0.634. The standard InChI is InChI=1S/C19H14F2N2O2/c1-11(12-6-7-16(20)17(21)9-12)22-23-19(25)15-8-13-4-2-3-5-14(13)10-18(15)24/h2-10,22,24H,1H2,(H,23,25). The fourth-order valence-electron chi connectivity index (χ4n) is 2.37. The number of hydrogen-bond donors (Lipinski definition) is 3. The zero-order chi connectivity index (χ0) is 18.0. The zero-order valence-corrected chi connectivity index (χ0v) is 13.0. The van der Waals surface area contributed by atoms with E-state index in [4.69, 9.17) is 0 Å². The van der Waals surface area contributed by atoms with Gasteiger partial charge >= 0.3 is 0 Å². The van der Waals surface area contributed by atoms with Crippen molar-refractivity contribution in [2.75, 3.05) is 0 Å². The average molecular weight is 340 g/mol. The van der Waals surface area contributed by atoms with Crippen LogP contribution >= 0.6 is 0 Å². The number of carbonyl (C=O) groups is 1. The molecule has 25 heavy (non-hydrogen) atoms. The molecule has 0 bridgehead atoms. The topological polar surface area (TPSA) is 61.4 Å². The number of fused-ring (bicyclic) bond motifs is 1. The molecule has 0 radical (unpaired) electrons. The summed E-state index contributed by atoms with van der Waals surface area (Å²) in [5, 5.41) is 11.6. The first-order valence-corrected chi connectivity index (χ1v) is 7.38. The minimum absolute atomic E-state index is 0.0734. The van der Waals surface area contributed by atoms with Gasteiger partial charge in [-0.3, -0.25) is 15.6 Å². The second kappa shape index (κ2) is 6.60. The summed E-state index contributed by atoms with van der Waals surface area (Å²) in [6, 6.07) is 13.6. The van der Waals surface area contributed by atoms with E-state index in [2.05, 4.69) is 17.4 Å². The molecule has 0 aliphatic heterocycles. The van der Waals surface area contributed by atoms with Crippen LogP contribution in [0.25, 0.3) is 16.5 Å². The van der Waals surface area contributed by atoms with Crippen LogP contribution in [-0.2, 0) is 0 Å². The summed E-state index contributed by atoms with van der Waals surface area (Å²) in [6.45, 7) is 3.66. The minimum atomic E-state index is -1.01. The van der Waals surface area contributed by atoms with Crippen LogP contribution in [0.15, 0.2) is 61.2 Å². The van der Waals surface area contributed by atoms with Gasteiger partial charge < -0.3 is 5.11 Å². The number of hydrogen-bond acceptors (Lipinski definition) is 3. The van der Waals surface area contributed by atoms with Crippen molar-refractivity contribution in [3.05, 3.63) is 83.9 Å². The Morgan fingerprint density at radius 1 is 0.920 bits per heavy atom. The molecule has 3 rings (SSSR count). The number of nitrogens with one attached hydrogen (secondary N) is 2. The van der Waals surface area contributed by atoms with Gasteiger partial charge in [-0.2, -0.15) is 0 Å². The van der Waals surface area contributed by atoms with Crippen LogP contribution in [-0.4, -0.2) is 11.0 Å². The lowest BCUT2D eigenvalue weighted by molar-refractivity contribution is 0.0940. The summed E-state index contributed by atoms with van der Waals surface area (Å²) < 4.78 is 26.2. The molecule has 0 aliphatic carbocycles. The van der Waals surface area contributed by atoms with Gasteiger partial charge in [-0.1, -0.05) is 30.8 Å². The van der Waals surface area contributed by atoms with Gasteiger partial charge in [0, 0.05) is 5.56 Å². The molecule has 0 atom stereocenters. The fourth-order valence-corrected chi connectivity index (χ4v) is 2.37. The molecule has 6 heteroatoms. The maximum atomic E-state index is 13.2. The molecular weight excluding hydrogens is 326 g/mol. The van der Waals surface area contributed by atoms with E-state index >= 15 is 0 Å². The first-order valence-electron chi connectivity index (χ1n) is 7.38.